The molecule has 1 saturated heterocycles. The summed E-state index contributed by atoms with van der Waals surface area (Å²) in [7, 11) is -3.76. The number of carbonyl (C=O) groups is 1. The van der Waals surface area contributed by atoms with Gasteiger partial charge in [-0.1, -0.05) is 29.8 Å². The fourth-order valence-corrected chi connectivity index (χ4v) is 4.01. The average Bonchev–Trinajstić information content (AvgIpc) is 2.63. The van der Waals surface area contributed by atoms with Crippen molar-refractivity contribution in [3.63, 3.8) is 0 Å². The van der Waals surface area contributed by atoms with E-state index in [1.807, 2.05) is 6.92 Å². The third kappa shape index (κ3) is 4.42. The van der Waals surface area contributed by atoms with Crippen LogP contribution in [-0.2, 0) is 10.0 Å². The highest BCUT2D eigenvalue weighted by atomic mass is 32.2. The van der Waals surface area contributed by atoms with Gasteiger partial charge < -0.3 is 10.6 Å². The highest BCUT2D eigenvalue weighted by Gasteiger charge is 2.21. The van der Waals surface area contributed by atoms with Crippen LogP contribution in [0.1, 0.15) is 28.8 Å². The Bertz CT molecular complexity index is 873. The number of rotatable bonds is 5. The second-order valence-electron chi connectivity index (χ2n) is 6.48. The first-order valence-corrected chi connectivity index (χ1v) is 10.1. The van der Waals surface area contributed by atoms with Gasteiger partial charge in [0.1, 0.15) is 0 Å². The molecular formula is C19H23N3O3S. The molecule has 1 heterocycles. The fraction of sp³-hybridized carbons (Fsp3) is 0.316. The van der Waals surface area contributed by atoms with Crippen molar-refractivity contribution in [1.82, 2.24) is 10.6 Å². The van der Waals surface area contributed by atoms with Gasteiger partial charge in [0.25, 0.3) is 15.9 Å². The molecule has 0 bridgehead atoms. The second-order valence-corrected chi connectivity index (χ2v) is 8.16. The zero-order valence-corrected chi connectivity index (χ0v) is 15.5. The summed E-state index contributed by atoms with van der Waals surface area (Å²) in [4.78, 5) is 12.8. The predicted octanol–water partition coefficient (Wildman–Crippen LogP) is 2.28. The third-order valence-corrected chi connectivity index (χ3v) is 5.76. The molecular weight excluding hydrogens is 350 g/mol. The Balaban J connectivity index is 1.80. The van der Waals surface area contributed by atoms with E-state index in [0.717, 1.165) is 31.5 Å². The first-order valence-electron chi connectivity index (χ1n) is 8.66. The molecule has 7 heteroatoms. The third-order valence-electron chi connectivity index (χ3n) is 4.38. The lowest BCUT2D eigenvalue weighted by Crippen LogP contribution is -2.45. The van der Waals surface area contributed by atoms with Crippen molar-refractivity contribution in [2.24, 2.45) is 0 Å². The van der Waals surface area contributed by atoms with Gasteiger partial charge >= 0.3 is 0 Å². The number of anilines is 1. The number of amides is 1. The number of carbonyl (C=O) groups excluding carboxylic acids is 1. The van der Waals surface area contributed by atoms with Crippen LogP contribution in [-0.4, -0.2) is 33.5 Å². The number of sulfonamides is 1. The number of hydrogen-bond donors (Lipinski definition) is 3. The zero-order chi connectivity index (χ0) is 18.6. The van der Waals surface area contributed by atoms with Crippen LogP contribution in [0, 0.1) is 6.92 Å². The Morgan fingerprint density at radius 2 is 1.85 bits per heavy atom. The van der Waals surface area contributed by atoms with Crippen LogP contribution in [0.3, 0.4) is 0 Å². The molecule has 1 fully saturated rings. The fourth-order valence-electron chi connectivity index (χ4n) is 2.93. The van der Waals surface area contributed by atoms with Crippen molar-refractivity contribution in [3.8, 4) is 0 Å². The van der Waals surface area contributed by atoms with E-state index in [4.69, 9.17) is 0 Å². The number of aryl methyl sites for hydroxylation is 1. The van der Waals surface area contributed by atoms with E-state index in [-0.39, 0.29) is 22.5 Å². The molecule has 1 atom stereocenters. The summed E-state index contributed by atoms with van der Waals surface area (Å²) < 4.78 is 27.8. The van der Waals surface area contributed by atoms with Gasteiger partial charge in [0.2, 0.25) is 0 Å². The molecule has 1 aliphatic heterocycles. The number of benzene rings is 2. The molecule has 3 N–H and O–H groups in total. The molecule has 3 rings (SSSR count). The molecule has 6 nitrogen and oxygen atoms in total. The van der Waals surface area contributed by atoms with Gasteiger partial charge in [-0.3, -0.25) is 9.52 Å². The van der Waals surface area contributed by atoms with Gasteiger partial charge in [-0.05, 0) is 50.6 Å². The second kappa shape index (κ2) is 7.88. The summed E-state index contributed by atoms with van der Waals surface area (Å²) in [6.45, 7) is 3.58. The lowest BCUT2D eigenvalue weighted by Gasteiger charge is -2.24. The summed E-state index contributed by atoms with van der Waals surface area (Å²) in [5, 5.41) is 6.22. The van der Waals surface area contributed by atoms with E-state index in [1.54, 1.807) is 48.5 Å². The van der Waals surface area contributed by atoms with Gasteiger partial charge in [0.15, 0.2) is 0 Å². The topological polar surface area (TPSA) is 87.3 Å². The number of piperidine rings is 1. The van der Waals surface area contributed by atoms with Crippen molar-refractivity contribution >= 4 is 21.6 Å². The first-order chi connectivity index (χ1) is 12.5. The number of hydrogen-bond acceptors (Lipinski definition) is 4. The maximum Gasteiger partial charge on any atom is 0.261 e. The minimum atomic E-state index is -3.76. The molecule has 138 valence electrons. The van der Waals surface area contributed by atoms with Crippen molar-refractivity contribution < 1.29 is 13.2 Å². The molecule has 0 radical (unpaired) electrons. The largest absolute Gasteiger partial charge is 0.348 e. The summed E-state index contributed by atoms with van der Waals surface area (Å²) in [6, 6.07) is 13.3. The molecule has 0 aliphatic carbocycles. The summed E-state index contributed by atoms with van der Waals surface area (Å²) >= 11 is 0. The van der Waals surface area contributed by atoms with E-state index in [0.29, 0.717) is 5.56 Å². The maximum atomic E-state index is 12.6. The molecule has 0 aromatic heterocycles. The standard InChI is InChI=1S/C19H23N3O3S/c1-14-8-10-16(11-9-14)26(24,25)22-18-7-3-2-6-17(18)19(23)21-15-5-4-12-20-13-15/h2-3,6-11,15,20,22H,4-5,12-13H2,1H3,(H,21,23)/t15-/m0/s1. The van der Waals surface area contributed by atoms with Gasteiger partial charge in [0, 0.05) is 12.6 Å². The molecule has 1 amide bonds. The van der Waals surface area contributed by atoms with Crippen molar-refractivity contribution in [2.45, 2.75) is 30.7 Å². The SMILES string of the molecule is Cc1ccc(S(=O)(=O)Nc2ccccc2C(=O)N[C@H]2CCCNC2)cc1. The number of nitrogens with one attached hydrogen (secondary N) is 3. The van der Waals surface area contributed by atoms with Crippen LogP contribution in [0.4, 0.5) is 5.69 Å². The maximum absolute atomic E-state index is 12.6. The first kappa shape index (κ1) is 18.4. The Hall–Kier alpha value is -2.38. The summed E-state index contributed by atoms with van der Waals surface area (Å²) in [5.74, 6) is -0.277. The Labute approximate surface area is 154 Å². The van der Waals surface area contributed by atoms with Crippen molar-refractivity contribution in [1.29, 1.82) is 0 Å². The van der Waals surface area contributed by atoms with Crippen LogP contribution >= 0.6 is 0 Å². The van der Waals surface area contributed by atoms with Crippen LogP contribution in [0.15, 0.2) is 53.4 Å². The molecule has 26 heavy (non-hydrogen) atoms. The van der Waals surface area contributed by atoms with Crippen molar-refractivity contribution in [2.75, 3.05) is 17.8 Å². The average molecular weight is 373 g/mol. The normalized spacial score (nSPS) is 17.5. The molecule has 1 aliphatic rings. The monoisotopic (exact) mass is 373 g/mol. The van der Waals surface area contributed by atoms with Crippen LogP contribution in [0.2, 0.25) is 0 Å². The molecule has 0 unspecified atom stereocenters. The van der Waals surface area contributed by atoms with E-state index < -0.39 is 10.0 Å². The zero-order valence-electron chi connectivity index (χ0n) is 14.7. The quantitative estimate of drug-likeness (QED) is 0.750. The Morgan fingerprint density at radius 1 is 1.12 bits per heavy atom. The van der Waals surface area contributed by atoms with Crippen LogP contribution < -0.4 is 15.4 Å². The minimum absolute atomic E-state index is 0.0537. The van der Waals surface area contributed by atoms with E-state index in [1.165, 1.54) is 0 Å². The minimum Gasteiger partial charge on any atom is -0.348 e. The van der Waals surface area contributed by atoms with Gasteiger partial charge in [0.05, 0.1) is 16.1 Å². The van der Waals surface area contributed by atoms with Crippen LogP contribution in [0.25, 0.3) is 0 Å². The van der Waals surface area contributed by atoms with Crippen LogP contribution in [0.5, 0.6) is 0 Å². The lowest BCUT2D eigenvalue weighted by atomic mass is 10.1. The highest BCUT2D eigenvalue weighted by Crippen LogP contribution is 2.21. The van der Waals surface area contributed by atoms with Gasteiger partial charge in [-0.25, -0.2) is 8.42 Å². The smallest absolute Gasteiger partial charge is 0.261 e. The van der Waals surface area contributed by atoms with E-state index >= 15 is 0 Å². The summed E-state index contributed by atoms with van der Waals surface area (Å²) in [6.07, 6.45) is 1.92. The summed E-state index contributed by atoms with van der Waals surface area (Å²) in [5.41, 5.74) is 1.56. The van der Waals surface area contributed by atoms with Gasteiger partial charge in [-0.2, -0.15) is 0 Å². The number of para-hydroxylation sites is 1. The molecule has 0 spiro atoms. The van der Waals surface area contributed by atoms with E-state index in [9.17, 15) is 13.2 Å². The van der Waals surface area contributed by atoms with Crippen molar-refractivity contribution in [3.05, 3.63) is 59.7 Å². The Kier molecular flexibility index (Phi) is 5.58. The molecule has 2 aromatic carbocycles. The highest BCUT2D eigenvalue weighted by molar-refractivity contribution is 7.92. The Morgan fingerprint density at radius 3 is 2.54 bits per heavy atom. The molecule has 2 aromatic rings. The predicted molar refractivity (Wildman–Crippen MR) is 102 cm³/mol. The molecule has 0 saturated carbocycles. The lowest BCUT2D eigenvalue weighted by molar-refractivity contribution is 0.0931. The van der Waals surface area contributed by atoms with Gasteiger partial charge in [-0.15, -0.1) is 0 Å². The van der Waals surface area contributed by atoms with E-state index in [2.05, 4.69) is 15.4 Å².